The Balaban J connectivity index is 2.00. The molecule has 0 aromatic heterocycles. The van der Waals surface area contributed by atoms with Crippen LogP contribution in [0.4, 0.5) is 0 Å². The summed E-state index contributed by atoms with van der Waals surface area (Å²) >= 11 is 1.76. The molecule has 0 unspecified atom stereocenters. The van der Waals surface area contributed by atoms with E-state index in [4.69, 9.17) is 0 Å². The molecule has 4 nitrogen and oxygen atoms in total. The summed E-state index contributed by atoms with van der Waals surface area (Å²) in [5.41, 5.74) is 2.44. The number of hydrogen-bond acceptors (Lipinski definition) is 3. The lowest BCUT2D eigenvalue weighted by Gasteiger charge is -2.31. The highest BCUT2D eigenvalue weighted by molar-refractivity contribution is 7.98. The highest BCUT2D eigenvalue weighted by Crippen LogP contribution is 2.16. The fourth-order valence-electron chi connectivity index (χ4n) is 3.40. The smallest absolute Gasteiger partial charge is 0.243 e. The summed E-state index contributed by atoms with van der Waals surface area (Å²) in [6.45, 7) is 6.58. The summed E-state index contributed by atoms with van der Waals surface area (Å²) in [6, 6.07) is 20.1. The molecule has 0 fully saturated rings. The maximum atomic E-state index is 13.2. The number of amides is 2. The highest BCUT2D eigenvalue weighted by atomic mass is 32.2. The standard InChI is InChI=1S/C26H36N2O2S/c1-4-21(3)27-26(30)24(5-2)28(18-16-22-12-8-6-9-13-22)25(29)17-19-31-20-23-14-10-7-11-15-23/h6-15,21,24H,4-5,16-20H2,1-3H3,(H,27,30)/t21-,24-/m0/s1. The van der Waals surface area contributed by atoms with Crippen molar-refractivity contribution in [3.05, 3.63) is 71.8 Å². The van der Waals surface area contributed by atoms with E-state index in [0.717, 1.165) is 24.3 Å². The molecule has 0 saturated heterocycles. The van der Waals surface area contributed by atoms with Crippen molar-refractivity contribution in [2.45, 2.75) is 64.3 Å². The number of benzene rings is 2. The molecule has 2 amide bonds. The first-order valence-corrected chi connectivity index (χ1v) is 12.5. The first-order valence-electron chi connectivity index (χ1n) is 11.3. The zero-order valence-electron chi connectivity index (χ0n) is 19.0. The Kier molecular flexibility index (Phi) is 11.2. The third-order valence-electron chi connectivity index (χ3n) is 5.44. The predicted molar refractivity (Wildman–Crippen MR) is 131 cm³/mol. The van der Waals surface area contributed by atoms with Gasteiger partial charge in [0, 0.05) is 30.5 Å². The lowest BCUT2D eigenvalue weighted by molar-refractivity contribution is -0.140. The monoisotopic (exact) mass is 440 g/mol. The molecule has 1 N–H and O–H groups in total. The van der Waals surface area contributed by atoms with E-state index in [1.54, 1.807) is 16.7 Å². The van der Waals surface area contributed by atoms with Crippen LogP contribution in [-0.4, -0.2) is 41.1 Å². The van der Waals surface area contributed by atoms with E-state index in [0.29, 0.717) is 19.4 Å². The molecule has 0 radical (unpaired) electrons. The highest BCUT2D eigenvalue weighted by Gasteiger charge is 2.28. The van der Waals surface area contributed by atoms with Crippen LogP contribution in [0.15, 0.2) is 60.7 Å². The molecule has 168 valence electrons. The molecule has 0 saturated carbocycles. The predicted octanol–water partition coefficient (Wildman–Crippen LogP) is 5.07. The number of nitrogens with one attached hydrogen (secondary N) is 1. The molecular weight excluding hydrogens is 404 g/mol. The fraction of sp³-hybridized carbons (Fsp3) is 0.462. The van der Waals surface area contributed by atoms with Crippen LogP contribution in [-0.2, 0) is 21.8 Å². The van der Waals surface area contributed by atoms with Crippen molar-refractivity contribution in [3.8, 4) is 0 Å². The Morgan fingerprint density at radius 1 is 0.935 bits per heavy atom. The maximum absolute atomic E-state index is 13.2. The summed E-state index contributed by atoms with van der Waals surface area (Å²) in [7, 11) is 0. The van der Waals surface area contributed by atoms with E-state index in [2.05, 4.69) is 29.6 Å². The van der Waals surface area contributed by atoms with Gasteiger partial charge in [0.1, 0.15) is 6.04 Å². The van der Waals surface area contributed by atoms with Crippen molar-refractivity contribution in [1.29, 1.82) is 0 Å². The topological polar surface area (TPSA) is 49.4 Å². The molecule has 0 spiro atoms. The molecule has 2 atom stereocenters. The van der Waals surface area contributed by atoms with Gasteiger partial charge in [-0.1, -0.05) is 74.5 Å². The van der Waals surface area contributed by atoms with Crippen LogP contribution in [0.25, 0.3) is 0 Å². The van der Waals surface area contributed by atoms with E-state index in [1.165, 1.54) is 11.1 Å². The minimum absolute atomic E-state index is 0.0461. The lowest BCUT2D eigenvalue weighted by Crippen LogP contribution is -2.51. The van der Waals surface area contributed by atoms with Crippen LogP contribution in [0.1, 0.15) is 51.2 Å². The van der Waals surface area contributed by atoms with Gasteiger partial charge >= 0.3 is 0 Å². The Labute approximate surface area is 191 Å². The maximum Gasteiger partial charge on any atom is 0.243 e. The second-order valence-corrected chi connectivity index (χ2v) is 8.96. The van der Waals surface area contributed by atoms with Gasteiger partial charge in [-0.15, -0.1) is 0 Å². The van der Waals surface area contributed by atoms with Gasteiger partial charge in [-0.2, -0.15) is 11.8 Å². The lowest BCUT2D eigenvalue weighted by atomic mass is 10.1. The molecule has 0 aliphatic rings. The number of nitrogens with zero attached hydrogens (tertiary/aromatic N) is 1. The molecule has 5 heteroatoms. The number of thioether (sulfide) groups is 1. The van der Waals surface area contributed by atoms with Gasteiger partial charge in [0.05, 0.1) is 0 Å². The third kappa shape index (κ3) is 8.78. The number of carbonyl (C=O) groups excluding carboxylic acids is 2. The van der Waals surface area contributed by atoms with Crippen molar-refractivity contribution in [3.63, 3.8) is 0 Å². The van der Waals surface area contributed by atoms with Gasteiger partial charge in [0.2, 0.25) is 11.8 Å². The van der Waals surface area contributed by atoms with Crippen LogP contribution in [0.2, 0.25) is 0 Å². The number of rotatable bonds is 13. The molecular formula is C26H36N2O2S. The van der Waals surface area contributed by atoms with E-state index in [1.807, 2.05) is 57.2 Å². The minimum atomic E-state index is -0.427. The Bertz CT molecular complexity index is 783. The van der Waals surface area contributed by atoms with Gasteiger partial charge in [-0.05, 0) is 37.3 Å². The second-order valence-electron chi connectivity index (χ2n) is 7.85. The summed E-state index contributed by atoms with van der Waals surface area (Å²) in [5.74, 6) is 1.65. The summed E-state index contributed by atoms with van der Waals surface area (Å²) in [6.07, 6.45) is 2.67. The number of hydrogen-bond donors (Lipinski definition) is 1. The van der Waals surface area contributed by atoms with E-state index in [-0.39, 0.29) is 17.9 Å². The summed E-state index contributed by atoms with van der Waals surface area (Å²) < 4.78 is 0. The van der Waals surface area contributed by atoms with Crippen LogP contribution < -0.4 is 5.32 Å². The molecule has 2 rings (SSSR count). The normalized spacial score (nSPS) is 12.7. The Hall–Kier alpha value is -2.27. The first kappa shape index (κ1) is 25.0. The quantitative estimate of drug-likeness (QED) is 0.442. The van der Waals surface area contributed by atoms with Gasteiger partial charge in [0.25, 0.3) is 0 Å². The average Bonchev–Trinajstić information content (AvgIpc) is 2.80. The van der Waals surface area contributed by atoms with Crippen molar-refractivity contribution < 1.29 is 9.59 Å². The Morgan fingerprint density at radius 2 is 1.55 bits per heavy atom. The first-order chi connectivity index (χ1) is 15.0. The van der Waals surface area contributed by atoms with Gasteiger partial charge in [0.15, 0.2) is 0 Å². The zero-order valence-corrected chi connectivity index (χ0v) is 19.9. The van der Waals surface area contributed by atoms with E-state index >= 15 is 0 Å². The molecule has 0 heterocycles. The summed E-state index contributed by atoms with van der Waals surface area (Å²) in [4.78, 5) is 27.9. The average molecular weight is 441 g/mol. The minimum Gasteiger partial charge on any atom is -0.352 e. The second kappa shape index (κ2) is 13.9. The van der Waals surface area contributed by atoms with Crippen LogP contribution >= 0.6 is 11.8 Å². The van der Waals surface area contributed by atoms with Crippen LogP contribution in [0.5, 0.6) is 0 Å². The number of carbonyl (C=O) groups is 2. The molecule has 0 bridgehead atoms. The van der Waals surface area contributed by atoms with Crippen LogP contribution in [0, 0.1) is 0 Å². The SMILES string of the molecule is CC[C@H](C)NC(=O)[C@H](CC)N(CCc1ccccc1)C(=O)CCSCc1ccccc1. The molecule has 0 aliphatic heterocycles. The van der Waals surface area contributed by atoms with Gasteiger partial charge in [-0.25, -0.2) is 0 Å². The fourth-order valence-corrected chi connectivity index (χ4v) is 4.30. The van der Waals surface area contributed by atoms with Crippen LogP contribution in [0.3, 0.4) is 0 Å². The van der Waals surface area contributed by atoms with Crippen molar-refractivity contribution in [2.24, 2.45) is 0 Å². The van der Waals surface area contributed by atoms with E-state index in [9.17, 15) is 9.59 Å². The van der Waals surface area contributed by atoms with Gasteiger partial charge < -0.3 is 10.2 Å². The van der Waals surface area contributed by atoms with E-state index < -0.39 is 6.04 Å². The molecule has 31 heavy (non-hydrogen) atoms. The van der Waals surface area contributed by atoms with Crippen molar-refractivity contribution in [1.82, 2.24) is 10.2 Å². The summed E-state index contributed by atoms with van der Waals surface area (Å²) in [5, 5.41) is 3.06. The third-order valence-corrected chi connectivity index (χ3v) is 6.47. The largest absolute Gasteiger partial charge is 0.352 e. The van der Waals surface area contributed by atoms with Crippen molar-refractivity contribution >= 4 is 23.6 Å². The van der Waals surface area contributed by atoms with Crippen molar-refractivity contribution in [2.75, 3.05) is 12.3 Å². The van der Waals surface area contributed by atoms with Gasteiger partial charge in [-0.3, -0.25) is 9.59 Å². The molecule has 0 aliphatic carbocycles. The Morgan fingerprint density at radius 3 is 2.13 bits per heavy atom. The molecule has 2 aromatic rings. The molecule has 2 aromatic carbocycles. The zero-order chi connectivity index (χ0) is 22.5.